The van der Waals surface area contributed by atoms with Crippen molar-refractivity contribution in [3.63, 3.8) is 0 Å². The highest BCUT2D eigenvalue weighted by atomic mass is 16.3. The first-order chi connectivity index (χ1) is 13.5. The smallest absolute Gasteiger partial charge is 0.259 e. The Hall–Kier alpha value is -2.35. The number of nitrogens with zero attached hydrogens (tertiary/aromatic N) is 5. The summed E-state index contributed by atoms with van der Waals surface area (Å²) >= 11 is 0. The van der Waals surface area contributed by atoms with Crippen LogP contribution in [0.25, 0.3) is 5.65 Å². The van der Waals surface area contributed by atoms with Crippen LogP contribution in [0.3, 0.4) is 0 Å². The second-order valence-corrected chi connectivity index (χ2v) is 8.82. The molecule has 0 aromatic carbocycles. The molecule has 28 heavy (non-hydrogen) atoms. The minimum Gasteiger partial charge on any atom is -0.391 e. The average molecular weight is 385 g/mol. The molecule has 8 nitrogen and oxygen atoms in total. The Morgan fingerprint density at radius 2 is 2.04 bits per heavy atom. The number of hydrogen-bond donors (Lipinski definition) is 1. The maximum Gasteiger partial charge on any atom is 0.259 e. The summed E-state index contributed by atoms with van der Waals surface area (Å²) in [5.74, 6) is 0.764. The standard InChI is InChI=1S/C20H27N5O3/c1-22-8-9-25-17(22)16(11-21-25)18(27)23-6-4-20(5-7-23)10-15(26)13-24(19(20)28)12-14-2-3-14/h8-9,11,14-15,26H,2-7,10,12-13H2,1H3. The number of amides is 2. The molecule has 0 bridgehead atoms. The van der Waals surface area contributed by atoms with E-state index in [-0.39, 0.29) is 11.8 Å². The molecular weight excluding hydrogens is 358 g/mol. The van der Waals surface area contributed by atoms with Gasteiger partial charge in [-0.25, -0.2) is 4.52 Å². The first-order valence-electron chi connectivity index (χ1n) is 10.2. The van der Waals surface area contributed by atoms with Crippen molar-refractivity contribution < 1.29 is 14.7 Å². The van der Waals surface area contributed by atoms with Gasteiger partial charge in [-0.15, -0.1) is 0 Å². The van der Waals surface area contributed by atoms with Crippen LogP contribution >= 0.6 is 0 Å². The lowest BCUT2D eigenvalue weighted by Crippen LogP contribution is -2.58. The minimum absolute atomic E-state index is 0.0368. The Balaban J connectivity index is 1.31. The van der Waals surface area contributed by atoms with E-state index < -0.39 is 11.5 Å². The molecule has 2 aromatic heterocycles. The zero-order chi connectivity index (χ0) is 19.5. The average Bonchev–Trinajstić information content (AvgIpc) is 3.27. The van der Waals surface area contributed by atoms with E-state index in [0.29, 0.717) is 50.4 Å². The molecule has 1 saturated carbocycles. The second kappa shape index (κ2) is 6.34. The summed E-state index contributed by atoms with van der Waals surface area (Å²) in [6, 6.07) is 0. The van der Waals surface area contributed by atoms with Crippen molar-refractivity contribution in [3.8, 4) is 0 Å². The number of imidazole rings is 1. The summed E-state index contributed by atoms with van der Waals surface area (Å²) in [6.07, 6.45) is 9.00. The van der Waals surface area contributed by atoms with Crippen LogP contribution in [0.5, 0.6) is 0 Å². The molecular formula is C20H27N5O3. The molecule has 4 heterocycles. The third kappa shape index (κ3) is 2.82. The van der Waals surface area contributed by atoms with E-state index in [0.717, 1.165) is 12.2 Å². The van der Waals surface area contributed by atoms with Gasteiger partial charge in [0.1, 0.15) is 11.2 Å². The zero-order valence-corrected chi connectivity index (χ0v) is 16.3. The molecule has 2 saturated heterocycles. The van der Waals surface area contributed by atoms with Gasteiger partial charge >= 0.3 is 0 Å². The van der Waals surface area contributed by atoms with Gasteiger partial charge in [-0.3, -0.25) is 9.59 Å². The molecule has 3 fully saturated rings. The van der Waals surface area contributed by atoms with Gasteiger partial charge in [-0.05, 0) is 38.0 Å². The van der Waals surface area contributed by atoms with Gasteiger partial charge < -0.3 is 19.5 Å². The van der Waals surface area contributed by atoms with E-state index in [1.54, 1.807) is 10.7 Å². The van der Waals surface area contributed by atoms with Crippen molar-refractivity contribution in [2.24, 2.45) is 18.4 Å². The first kappa shape index (κ1) is 17.7. The van der Waals surface area contributed by atoms with Crippen LogP contribution in [0.2, 0.25) is 0 Å². The molecule has 1 N–H and O–H groups in total. The number of rotatable bonds is 3. The Morgan fingerprint density at radius 1 is 1.29 bits per heavy atom. The fourth-order valence-corrected chi connectivity index (χ4v) is 4.97. The molecule has 1 atom stereocenters. The third-order valence-electron chi connectivity index (χ3n) is 6.75. The summed E-state index contributed by atoms with van der Waals surface area (Å²) in [5.41, 5.74) is 0.863. The fourth-order valence-electron chi connectivity index (χ4n) is 4.97. The zero-order valence-electron chi connectivity index (χ0n) is 16.3. The van der Waals surface area contributed by atoms with Crippen molar-refractivity contribution in [2.75, 3.05) is 26.2 Å². The highest BCUT2D eigenvalue weighted by Crippen LogP contribution is 2.42. The number of hydrogen-bond acceptors (Lipinski definition) is 4. The lowest BCUT2D eigenvalue weighted by molar-refractivity contribution is -0.156. The molecule has 2 amide bonds. The number of aliphatic hydroxyl groups excluding tert-OH is 1. The Labute approximate surface area is 163 Å². The number of piperidine rings is 2. The normalized spacial score (nSPS) is 25.1. The molecule has 3 aliphatic rings. The number of aryl methyl sites for hydroxylation is 1. The van der Waals surface area contributed by atoms with Crippen LogP contribution in [-0.4, -0.2) is 73.2 Å². The highest BCUT2D eigenvalue weighted by Gasteiger charge is 2.49. The molecule has 0 radical (unpaired) electrons. The number of carbonyl (C=O) groups excluding carboxylic acids is 2. The topological polar surface area (TPSA) is 83.1 Å². The Bertz CT molecular complexity index is 918. The largest absolute Gasteiger partial charge is 0.391 e. The predicted octanol–water partition coefficient (Wildman–Crippen LogP) is 0.898. The molecule has 1 spiro atoms. The van der Waals surface area contributed by atoms with Crippen molar-refractivity contribution in [1.82, 2.24) is 24.0 Å². The molecule has 1 aliphatic carbocycles. The number of likely N-dealkylation sites (tertiary alicyclic amines) is 2. The summed E-state index contributed by atoms with van der Waals surface area (Å²) in [7, 11) is 1.90. The minimum atomic E-state index is -0.511. The van der Waals surface area contributed by atoms with Crippen LogP contribution in [0.1, 0.15) is 42.5 Å². The summed E-state index contributed by atoms with van der Waals surface area (Å²) in [6.45, 7) is 2.32. The third-order valence-corrected chi connectivity index (χ3v) is 6.75. The fraction of sp³-hybridized carbons (Fsp3) is 0.650. The Morgan fingerprint density at radius 3 is 2.75 bits per heavy atom. The number of aromatic nitrogens is 3. The first-order valence-corrected chi connectivity index (χ1v) is 10.2. The van der Waals surface area contributed by atoms with Crippen molar-refractivity contribution >= 4 is 17.5 Å². The maximum absolute atomic E-state index is 13.2. The molecule has 5 rings (SSSR count). The van der Waals surface area contributed by atoms with Crippen molar-refractivity contribution in [1.29, 1.82) is 0 Å². The van der Waals surface area contributed by atoms with E-state index in [1.807, 2.05) is 33.8 Å². The van der Waals surface area contributed by atoms with Crippen molar-refractivity contribution in [3.05, 3.63) is 24.2 Å². The van der Waals surface area contributed by atoms with E-state index in [1.165, 1.54) is 12.8 Å². The SMILES string of the molecule is Cn1ccn2ncc(C(=O)N3CCC4(CC3)CC(O)CN(CC3CC3)C4=O)c12. The lowest BCUT2D eigenvalue weighted by Gasteiger charge is -2.48. The molecule has 2 aromatic rings. The second-order valence-electron chi connectivity index (χ2n) is 8.82. The number of fused-ring (bicyclic) bond motifs is 1. The summed E-state index contributed by atoms with van der Waals surface area (Å²) in [5, 5.41) is 14.7. The van der Waals surface area contributed by atoms with Crippen LogP contribution < -0.4 is 0 Å². The number of carbonyl (C=O) groups is 2. The lowest BCUT2D eigenvalue weighted by atomic mass is 9.70. The van der Waals surface area contributed by atoms with Crippen LogP contribution in [0.15, 0.2) is 18.6 Å². The van der Waals surface area contributed by atoms with Gasteiger partial charge in [-0.1, -0.05) is 0 Å². The van der Waals surface area contributed by atoms with Crippen molar-refractivity contribution in [2.45, 2.75) is 38.2 Å². The quantitative estimate of drug-likeness (QED) is 0.851. The predicted molar refractivity (Wildman–Crippen MR) is 102 cm³/mol. The van der Waals surface area contributed by atoms with Gasteiger partial charge in [0.25, 0.3) is 5.91 Å². The number of β-amino-alcohol motifs (C(OH)–C–C–N with tert-alkyl or cyclic N) is 1. The van der Waals surface area contributed by atoms with Gasteiger partial charge in [0, 0.05) is 45.6 Å². The highest BCUT2D eigenvalue weighted by molar-refractivity contribution is 6.00. The van der Waals surface area contributed by atoms with E-state index in [2.05, 4.69) is 5.10 Å². The van der Waals surface area contributed by atoms with Gasteiger partial charge in [0.2, 0.25) is 5.91 Å². The molecule has 8 heteroatoms. The summed E-state index contributed by atoms with van der Waals surface area (Å²) in [4.78, 5) is 30.0. The van der Waals surface area contributed by atoms with E-state index >= 15 is 0 Å². The van der Waals surface area contributed by atoms with Crippen LogP contribution in [-0.2, 0) is 11.8 Å². The summed E-state index contributed by atoms with van der Waals surface area (Å²) < 4.78 is 3.60. The Kier molecular flexibility index (Phi) is 4.01. The van der Waals surface area contributed by atoms with Gasteiger partial charge in [0.05, 0.1) is 17.7 Å². The molecule has 2 aliphatic heterocycles. The maximum atomic E-state index is 13.2. The monoisotopic (exact) mass is 385 g/mol. The van der Waals surface area contributed by atoms with Gasteiger partial charge in [0.15, 0.2) is 0 Å². The van der Waals surface area contributed by atoms with E-state index in [9.17, 15) is 14.7 Å². The number of aliphatic hydroxyl groups is 1. The van der Waals surface area contributed by atoms with Crippen LogP contribution in [0, 0.1) is 11.3 Å². The van der Waals surface area contributed by atoms with E-state index in [4.69, 9.17) is 0 Å². The van der Waals surface area contributed by atoms with Gasteiger partial charge in [-0.2, -0.15) is 5.10 Å². The molecule has 150 valence electrons. The molecule has 1 unspecified atom stereocenters. The van der Waals surface area contributed by atoms with Crippen LogP contribution in [0.4, 0.5) is 0 Å².